The minimum Gasteiger partial charge on any atom is -0.266 e. The predicted molar refractivity (Wildman–Crippen MR) is 64.6 cm³/mol. The van der Waals surface area contributed by atoms with E-state index in [1.165, 1.54) is 0 Å². The van der Waals surface area contributed by atoms with Crippen LogP contribution in [-0.4, -0.2) is 19.7 Å². The van der Waals surface area contributed by atoms with E-state index in [1.54, 1.807) is 22.2 Å². The molecule has 0 spiro atoms. The number of hydrogen-bond acceptors (Lipinski definition) is 4. The van der Waals surface area contributed by atoms with Crippen LogP contribution in [0.2, 0.25) is 5.28 Å². The van der Waals surface area contributed by atoms with E-state index >= 15 is 0 Å². The maximum absolute atomic E-state index is 5.90. The van der Waals surface area contributed by atoms with Crippen LogP contribution in [0, 0.1) is 0 Å². The van der Waals surface area contributed by atoms with Crippen LogP contribution in [0.3, 0.4) is 0 Å². The molecule has 0 amide bonds. The highest BCUT2D eigenvalue weighted by molar-refractivity contribution is 7.17. The van der Waals surface area contributed by atoms with Gasteiger partial charge in [0.2, 0.25) is 5.28 Å². The van der Waals surface area contributed by atoms with Crippen LogP contribution in [0.25, 0.3) is 21.6 Å². The second-order valence-electron chi connectivity index (χ2n) is 3.32. The number of thiophene rings is 1. The lowest BCUT2D eigenvalue weighted by Crippen LogP contribution is -1.96. The maximum Gasteiger partial charge on any atom is 0.223 e. The molecular formula is C10H7ClN4S. The van der Waals surface area contributed by atoms with Crippen molar-refractivity contribution in [2.45, 2.75) is 0 Å². The van der Waals surface area contributed by atoms with E-state index < -0.39 is 0 Å². The summed E-state index contributed by atoms with van der Waals surface area (Å²) in [5.74, 6) is 0. The van der Waals surface area contributed by atoms with Gasteiger partial charge in [0, 0.05) is 13.2 Å². The molecule has 0 atom stereocenters. The first kappa shape index (κ1) is 9.74. The molecule has 0 bridgehead atoms. The molecule has 3 heterocycles. The monoisotopic (exact) mass is 250 g/mol. The van der Waals surface area contributed by atoms with Gasteiger partial charge in [-0.25, -0.2) is 9.97 Å². The summed E-state index contributed by atoms with van der Waals surface area (Å²) in [6, 6.07) is 3.85. The lowest BCUT2D eigenvalue weighted by Gasteiger charge is -2.02. The van der Waals surface area contributed by atoms with Gasteiger partial charge in [0.25, 0.3) is 0 Å². The lowest BCUT2D eigenvalue weighted by atomic mass is 10.3. The first-order valence-corrected chi connectivity index (χ1v) is 5.90. The first-order valence-electron chi connectivity index (χ1n) is 4.65. The Bertz CT molecular complexity index is 658. The highest BCUT2D eigenvalue weighted by atomic mass is 35.5. The van der Waals surface area contributed by atoms with Crippen molar-refractivity contribution in [1.29, 1.82) is 0 Å². The summed E-state index contributed by atoms with van der Waals surface area (Å²) < 4.78 is 2.81. The smallest absolute Gasteiger partial charge is 0.223 e. The number of halogens is 1. The second kappa shape index (κ2) is 3.54. The Kier molecular flexibility index (Phi) is 2.15. The van der Waals surface area contributed by atoms with Gasteiger partial charge >= 0.3 is 0 Å². The summed E-state index contributed by atoms with van der Waals surface area (Å²) in [7, 11) is 1.88. The molecular weight excluding hydrogens is 244 g/mol. The molecule has 0 radical (unpaired) electrons. The third-order valence-corrected chi connectivity index (χ3v) is 3.42. The Morgan fingerprint density at radius 1 is 1.31 bits per heavy atom. The minimum atomic E-state index is 0.266. The van der Waals surface area contributed by atoms with Crippen molar-refractivity contribution in [1.82, 2.24) is 19.7 Å². The predicted octanol–water partition coefficient (Wildman–Crippen LogP) is 2.75. The van der Waals surface area contributed by atoms with Gasteiger partial charge in [-0.2, -0.15) is 5.10 Å². The number of hydrogen-bond donors (Lipinski definition) is 0. The largest absolute Gasteiger partial charge is 0.266 e. The van der Waals surface area contributed by atoms with Crippen LogP contribution in [0.5, 0.6) is 0 Å². The molecule has 0 aromatic carbocycles. The van der Waals surface area contributed by atoms with Gasteiger partial charge in [-0.3, -0.25) is 4.68 Å². The standard InChI is InChI=1S/C10H7ClN4S/c1-15-7(2-4-12-15)8-9-6(3-5-16-9)13-10(11)14-8/h2-5H,1H3. The molecule has 0 fully saturated rings. The van der Waals surface area contributed by atoms with Gasteiger partial charge in [0.15, 0.2) is 0 Å². The van der Waals surface area contributed by atoms with Crippen molar-refractivity contribution in [2.24, 2.45) is 7.05 Å². The van der Waals surface area contributed by atoms with E-state index in [-0.39, 0.29) is 5.28 Å². The molecule has 0 saturated carbocycles. The van der Waals surface area contributed by atoms with Crippen molar-refractivity contribution in [3.63, 3.8) is 0 Å². The van der Waals surface area contributed by atoms with E-state index in [0.29, 0.717) is 0 Å². The summed E-state index contributed by atoms with van der Waals surface area (Å²) >= 11 is 7.51. The van der Waals surface area contributed by atoms with Gasteiger partial charge in [0.1, 0.15) is 5.69 Å². The highest BCUT2D eigenvalue weighted by Crippen LogP contribution is 2.30. The van der Waals surface area contributed by atoms with E-state index in [4.69, 9.17) is 11.6 Å². The number of rotatable bonds is 1. The van der Waals surface area contributed by atoms with Gasteiger partial charge in [-0.05, 0) is 29.1 Å². The lowest BCUT2D eigenvalue weighted by molar-refractivity contribution is 0.774. The summed E-state index contributed by atoms with van der Waals surface area (Å²) in [5.41, 5.74) is 2.66. The average molecular weight is 251 g/mol. The van der Waals surface area contributed by atoms with Crippen molar-refractivity contribution >= 4 is 33.2 Å². The molecule has 6 heteroatoms. The summed E-state index contributed by atoms with van der Waals surface area (Å²) in [6.07, 6.45) is 1.74. The van der Waals surface area contributed by atoms with Crippen molar-refractivity contribution in [2.75, 3.05) is 0 Å². The minimum absolute atomic E-state index is 0.266. The molecule has 16 heavy (non-hydrogen) atoms. The zero-order valence-electron chi connectivity index (χ0n) is 8.38. The van der Waals surface area contributed by atoms with Crippen LogP contribution in [0.15, 0.2) is 23.7 Å². The maximum atomic E-state index is 5.90. The molecule has 0 N–H and O–H groups in total. The molecule has 0 saturated heterocycles. The van der Waals surface area contributed by atoms with Crippen molar-refractivity contribution < 1.29 is 0 Å². The van der Waals surface area contributed by atoms with E-state index in [2.05, 4.69) is 15.1 Å². The fourth-order valence-electron chi connectivity index (χ4n) is 1.61. The molecule has 3 aromatic heterocycles. The normalized spacial score (nSPS) is 11.1. The Hall–Kier alpha value is -1.46. The number of nitrogens with zero attached hydrogens (tertiary/aromatic N) is 4. The average Bonchev–Trinajstić information content (AvgIpc) is 2.84. The van der Waals surface area contributed by atoms with E-state index in [9.17, 15) is 0 Å². The van der Waals surface area contributed by atoms with Gasteiger partial charge in [-0.15, -0.1) is 11.3 Å². The van der Waals surface area contributed by atoms with Gasteiger partial charge in [-0.1, -0.05) is 0 Å². The summed E-state index contributed by atoms with van der Waals surface area (Å²) in [6.45, 7) is 0. The number of fused-ring (bicyclic) bond motifs is 1. The van der Waals surface area contributed by atoms with Gasteiger partial charge < -0.3 is 0 Å². The molecule has 0 aliphatic rings. The summed E-state index contributed by atoms with van der Waals surface area (Å²) in [4.78, 5) is 8.45. The van der Waals surface area contributed by atoms with E-state index in [1.807, 2.05) is 24.6 Å². The van der Waals surface area contributed by atoms with Gasteiger partial charge in [0.05, 0.1) is 15.9 Å². The fraction of sp³-hybridized carbons (Fsp3) is 0.100. The molecule has 0 aliphatic carbocycles. The third-order valence-electron chi connectivity index (χ3n) is 2.34. The zero-order valence-corrected chi connectivity index (χ0v) is 9.96. The van der Waals surface area contributed by atoms with E-state index in [0.717, 1.165) is 21.6 Å². The molecule has 0 aliphatic heterocycles. The molecule has 4 nitrogen and oxygen atoms in total. The van der Waals surface area contributed by atoms with Crippen molar-refractivity contribution in [3.8, 4) is 11.4 Å². The van der Waals surface area contributed by atoms with Crippen LogP contribution in [-0.2, 0) is 7.05 Å². The Morgan fingerprint density at radius 2 is 2.19 bits per heavy atom. The zero-order chi connectivity index (χ0) is 11.1. The van der Waals surface area contributed by atoms with Crippen LogP contribution >= 0.6 is 22.9 Å². The topological polar surface area (TPSA) is 43.6 Å². The summed E-state index contributed by atoms with van der Waals surface area (Å²) in [5, 5.41) is 6.38. The highest BCUT2D eigenvalue weighted by Gasteiger charge is 2.12. The fourth-order valence-corrected chi connectivity index (χ4v) is 2.62. The first-order chi connectivity index (χ1) is 7.75. The SMILES string of the molecule is Cn1nccc1-c1nc(Cl)nc2ccsc12. The molecule has 80 valence electrons. The second-order valence-corrected chi connectivity index (χ2v) is 4.57. The quantitative estimate of drug-likeness (QED) is 0.624. The van der Waals surface area contributed by atoms with Crippen LogP contribution in [0.4, 0.5) is 0 Å². The van der Waals surface area contributed by atoms with Crippen LogP contribution in [0.1, 0.15) is 0 Å². The Balaban J connectivity index is 2.38. The number of aryl methyl sites for hydroxylation is 1. The number of aromatic nitrogens is 4. The van der Waals surface area contributed by atoms with Crippen molar-refractivity contribution in [3.05, 3.63) is 29.0 Å². The molecule has 3 rings (SSSR count). The Labute approximate surface area is 101 Å². The molecule has 0 unspecified atom stereocenters. The third kappa shape index (κ3) is 1.40. The molecule has 3 aromatic rings. The van der Waals surface area contributed by atoms with Crippen LogP contribution < -0.4 is 0 Å². The Morgan fingerprint density at radius 3 is 2.94 bits per heavy atom.